The highest BCUT2D eigenvalue weighted by molar-refractivity contribution is 5.67. The molecule has 0 saturated heterocycles. The number of benzene rings is 1. The highest BCUT2D eigenvalue weighted by Crippen LogP contribution is 2.31. The Labute approximate surface area is 113 Å². The normalized spacial score (nSPS) is 13.9. The van der Waals surface area contributed by atoms with Crippen LogP contribution < -0.4 is 10.6 Å². The Hall–Kier alpha value is -1.97. The molecule has 4 nitrogen and oxygen atoms in total. The first kappa shape index (κ1) is 12.1. The molecule has 0 atom stereocenters. The van der Waals surface area contributed by atoms with Crippen LogP contribution in [0.1, 0.15) is 17.0 Å². The summed E-state index contributed by atoms with van der Waals surface area (Å²) in [5.74, 6) is 1.13. The van der Waals surface area contributed by atoms with Gasteiger partial charge in [-0.2, -0.15) is 0 Å². The van der Waals surface area contributed by atoms with Gasteiger partial charge in [0.05, 0.1) is 0 Å². The zero-order valence-electron chi connectivity index (χ0n) is 11.6. The summed E-state index contributed by atoms with van der Waals surface area (Å²) in [6.07, 6.45) is 5.94. The molecule has 2 aromatic rings. The van der Waals surface area contributed by atoms with Crippen molar-refractivity contribution >= 4 is 11.4 Å². The van der Waals surface area contributed by atoms with E-state index in [0.29, 0.717) is 0 Å². The maximum Gasteiger partial charge on any atom is 0.110 e. The van der Waals surface area contributed by atoms with Crippen molar-refractivity contribution in [1.29, 1.82) is 0 Å². The number of aryl methyl sites for hydroxylation is 2. The lowest BCUT2D eigenvalue weighted by atomic mass is 10.1. The van der Waals surface area contributed by atoms with Crippen LogP contribution in [-0.2, 0) is 19.9 Å². The van der Waals surface area contributed by atoms with Gasteiger partial charge >= 0.3 is 0 Å². The summed E-state index contributed by atoms with van der Waals surface area (Å²) >= 11 is 0. The molecule has 1 aromatic carbocycles. The number of rotatable bonds is 3. The van der Waals surface area contributed by atoms with E-state index in [9.17, 15) is 0 Å². The highest BCUT2D eigenvalue weighted by Gasteiger charge is 2.20. The van der Waals surface area contributed by atoms with Crippen molar-refractivity contribution < 1.29 is 0 Å². The molecule has 0 amide bonds. The molecule has 0 spiro atoms. The predicted molar refractivity (Wildman–Crippen MR) is 78.4 cm³/mol. The molecule has 0 bridgehead atoms. The fraction of sp³-hybridized carbons (Fsp3) is 0.400. The molecule has 0 saturated carbocycles. The summed E-state index contributed by atoms with van der Waals surface area (Å²) in [5.41, 5.74) is 10.8. The lowest BCUT2D eigenvalue weighted by Gasteiger charge is -2.20. The van der Waals surface area contributed by atoms with E-state index < -0.39 is 0 Å². The largest absolute Gasteiger partial charge is 0.398 e. The number of nitrogens with two attached hydrogens (primary N) is 1. The number of fused-ring (bicyclic) bond motifs is 1. The van der Waals surface area contributed by atoms with Crippen LogP contribution in [0.3, 0.4) is 0 Å². The topological polar surface area (TPSA) is 47.1 Å². The Morgan fingerprint density at radius 3 is 2.95 bits per heavy atom. The minimum Gasteiger partial charge on any atom is -0.398 e. The number of nitrogens with zero attached hydrogens (tertiary/aromatic N) is 3. The van der Waals surface area contributed by atoms with Crippen LogP contribution in [0.15, 0.2) is 24.5 Å². The summed E-state index contributed by atoms with van der Waals surface area (Å²) in [5, 5.41) is 0. The first-order chi connectivity index (χ1) is 9.15. The fourth-order valence-electron chi connectivity index (χ4n) is 2.75. The average molecular weight is 256 g/mol. The molecule has 0 radical (unpaired) electrons. The second kappa shape index (κ2) is 4.61. The van der Waals surface area contributed by atoms with Crippen molar-refractivity contribution in [3.8, 4) is 0 Å². The van der Waals surface area contributed by atoms with Crippen molar-refractivity contribution in [1.82, 2.24) is 9.55 Å². The van der Waals surface area contributed by atoms with Crippen LogP contribution in [0, 0.1) is 6.92 Å². The zero-order valence-corrected chi connectivity index (χ0v) is 11.6. The maximum atomic E-state index is 6.03. The zero-order chi connectivity index (χ0) is 13.4. The van der Waals surface area contributed by atoms with Crippen LogP contribution >= 0.6 is 0 Å². The summed E-state index contributed by atoms with van der Waals surface area (Å²) < 4.78 is 2.08. The quantitative estimate of drug-likeness (QED) is 0.853. The van der Waals surface area contributed by atoms with Gasteiger partial charge in [-0.25, -0.2) is 4.98 Å². The Morgan fingerprint density at radius 2 is 2.21 bits per heavy atom. The summed E-state index contributed by atoms with van der Waals surface area (Å²) in [6.45, 7) is 4.16. The minimum absolute atomic E-state index is 0.891. The van der Waals surface area contributed by atoms with E-state index in [1.54, 1.807) is 0 Å². The van der Waals surface area contributed by atoms with Gasteiger partial charge in [-0.1, -0.05) is 6.07 Å². The third-order valence-corrected chi connectivity index (χ3v) is 3.99. The van der Waals surface area contributed by atoms with Gasteiger partial charge in [0.1, 0.15) is 5.82 Å². The van der Waals surface area contributed by atoms with E-state index in [4.69, 9.17) is 5.73 Å². The minimum atomic E-state index is 0.891. The van der Waals surface area contributed by atoms with Crippen molar-refractivity contribution in [2.45, 2.75) is 19.8 Å². The SMILES string of the molecule is Cc1cc2c(cc1N)N(CCc1nccn1C)CC2. The standard InChI is InChI=1S/C15H20N4/c1-11-9-12-3-6-19(14(12)10-13(11)16)7-4-15-17-5-8-18(15)2/h5,8-10H,3-4,6-7,16H2,1-2H3. The van der Waals surface area contributed by atoms with Crippen LogP contribution in [0.2, 0.25) is 0 Å². The van der Waals surface area contributed by atoms with E-state index in [0.717, 1.165) is 37.4 Å². The Kier molecular flexibility index (Phi) is 2.93. The molecule has 0 unspecified atom stereocenters. The first-order valence-electron chi connectivity index (χ1n) is 6.75. The smallest absolute Gasteiger partial charge is 0.110 e. The molecule has 4 heteroatoms. The number of anilines is 2. The molecule has 2 N–H and O–H groups in total. The number of hydrogen-bond acceptors (Lipinski definition) is 3. The van der Waals surface area contributed by atoms with Crippen molar-refractivity contribution in [2.75, 3.05) is 23.7 Å². The van der Waals surface area contributed by atoms with Crippen LogP contribution in [-0.4, -0.2) is 22.6 Å². The van der Waals surface area contributed by atoms with Gasteiger partial charge < -0.3 is 15.2 Å². The number of hydrogen-bond donors (Lipinski definition) is 1. The highest BCUT2D eigenvalue weighted by atomic mass is 15.2. The molecule has 1 aromatic heterocycles. The van der Waals surface area contributed by atoms with Crippen molar-refractivity contribution in [3.63, 3.8) is 0 Å². The monoisotopic (exact) mass is 256 g/mol. The molecule has 0 aliphatic carbocycles. The van der Waals surface area contributed by atoms with Gasteiger partial charge in [-0.3, -0.25) is 0 Å². The summed E-state index contributed by atoms with van der Waals surface area (Å²) in [6, 6.07) is 4.35. The molecule has 1 aliphatic heterocycles. The molecule has 19 heavy (non-hydrogen) atoms. The molecule has 3 rings (SSSR count). The predicted octanol–water partition coefficient (Wildman–Crippen LogP) is 1.92. The van der Waals surface area contributed by atoms with Gasteiger partial charge in [0.25, 0.3) is 0 Å². The van der Waals surface area contributed by atoms with E-state index in [1.165, 1.54) is 16.8 Å². The number of nitrogen functional groups attached to an aromatic ring is 1. The lowest BCUT2D eigenvalue weighted by molar-refractivity contribution is 0.737. The van der Waals surface area contributed by atoms with Crippen LogP contribution in [0.25, 0.3) is 0 Å². The molecule has 0 fully saturated rings. The molecule has 100 valence electrons. The van der Waals surface area contributed by atoms with Crippen LogP contribution in [0.5, 0.6) is 0 Å². The second-order valence-electron chi connectivity index (χ2n) is 5.28. The third-order valence-electron chi connectivity index (χ3n) is 3.99. The number of aromatic nitrogens is 2. The van der Waals surface area contributed by atoms with Crippen LogP contribution in [0.4, 0.5) is 11.4 Å². The molecular formula is C15H20N4. The fourth-order valence-corrected chi connectivity index (χ4v) is 2.75. The van der Waals surface area contributed by atoms with E-state index in [1.807, 2.05) is 19.4 Å². The van der Waals surface area contributed by atoms with E-state index in [2.05, 4.69) is 33.5 Å². The second-order valence-corrected chi connectivity index (χ2v) is 5.28. The Balaban J connectivity index is 1.76. The Bertz CT molecular complexity index is 600. The van der Waals surface area contributed by atoms with E-state index in [-0.39, 0.29) is 0 Å². The average Bonchev–Trinajstić information content (AvgIpc) is 2.95. The molecular weight excluding hydrogens is 236 g/mol. The van der Waals surface area contributed by atoms with Gasteiger partial charge in [0.2, 0.25) is 0 Å². The first-order valence-corrected chi connectivity index (χ1v) is 6.75. The summed E-state index contributed by atoms with van der Waals surface area (Å²) in [4.78, 5) is 6.79. The van der Waals surface area contributed by atoms with Gasteiger partial charge in [-0.15, -0.1) is 0 Å². The Morgan fingerprint density at radius 1 is 1.37 bits per heavy atom. The molecule has 1 aliphatic rings. The maximum absolute atomic E-state index is 6.03. The van der Waals surface area contributed by atoms with Gasteiger partial charge in [-0.05, 0) is 30.5 Å². The lowest BCUT2D eigenvalue weighted by Crippen LogP contribution is -2.24. The number of imidazole rings is 1. The van der Waals surface area contributed by atoms with Crippen molar-refractivity contribution in [3.05, 3.63) is 41.5 Å². The summed E-state index contributed by atoms with van der Waals surface area (Å²) in [7, 11) is 2.04. The molecule has 2 heterocycles. The van der Waals surface area contributed by atoms with Gasteiger partial charge in [0.15, 0.2) is 0 Å². The third kappa shape index (κ3) is 2.18. The van der Waals surface area contributed by atoms with E-state index >= 15 is 0 Å². The van der Waals surface area contributed by atoms with Gasteiger partial charge in [0, 0.05) is 50.3 Å². The van der Waals surface area contributed by atoms with Crippen molar-refractivity contribution in [2.24, 2.45) is 7.05 Å².